The molecule has 1 aliphatic rings. The lowest BCUT2D eigenvalue weighted by atomic mass is 9.96. The molecule has 18 heavy (non-hydrogen) atoms. The van der Waals surface area contributed by atoms with E-state index in [1.807, 2.05) is 19.6 Å². The van der Waals surface area contributed by atoms with Gasteiger partial charge < -0.3 is 9.88 Å². The second-order valence-corrected chi connectivity index (χ2v) is 7.17. The lowest BCUT2D eigenvalue weighted by Gasteiger charge is -2.23. The highest BCUT2D eigenvalue weighted by Gasteiger charge is 2.34. The Hall–Kier alpha value is -0.880. The Bertz CT molecular complexity index is 495. The van der Waals surface area contributed by atoms with Crippen LogP contribution < -0.4 is 5.32 Å². The maximum Gasteiger partial charge on any atom is 0.150 e. The normalized spacial score (nSPS) is 24.2. The first-order valence-electron chi connectivity index (χ1n) is 6.45. The molecule has 1 saturated heterocycles. The molecule has 1 fully saturated rings. The zero-order valence-electron chi connectivity index (χ0n) is 11.0. The van der Waals surface area contributed by atoms with E-state index in [1.165, 1.54) is 0 Å². The van der Waals surface area contributed by atoms with Crippen molar-refractivity contribution in [3.05, 3.63) is 18.2 Å². The number of hydrogen-bond acceptors (Lipinski definition) is 4. The molecule has 0 saturated carbocycles. The highest BCUT2D eigenvalue weighted by atomic mass is 32.2. The fourth-order valence-corrected chi connectivity index (χ4v) is 4.57. The molecule has 102 valence electrons. The second kappa shape index (κ2) is 5.40. The van der Waals surface area contributed by atoms with Crippen molar-refractivity contribution in [2.75, 3.05) is 18.6 Å². The van der Waals surface area contributed by atoms with Crippen molar-refractivity contribution in [3.63, 3.8) is 0 Å². The van der Waals surface area contributed by atoms with Gasteiger partial charge in [-0.2, -0.15) is 0 Å². The molecule has 2 heterocycles. The highest BCUT2D eigenvalue weighted by molar-refractivity contribution is 7.91. The quantitative estimate of drug-likeness (QED) is 0.867. The van der Waals surface area contributed by atoms with Gasteiger partial charge in [0.25, 0.3) is 0 Å². The van der Waals surface area contributed by atoms with E-state index in [0.29, 0.717) is 5.75 Å². The Labute approximate surface area is 109 Å². The van der Waals surface area contributed by atoms with Crippen molar-refractivity contribution in [2.24, 2.45) is 5.92 Å². The Morgan fingerprint density at radius 2 is 2.39 bits per heavy atom. The number of nitrogens with zero attached hydrogens (tertiary/aromatic N) is 2. The predicted molar refractivity (Wildman–Crippen MR) is 71.1 cm³/mol. The van der Waals surface area contributed by atoms with Crippen LogP contribution in [0.15, 0.2) is 12.5 Å². The van der Waals surface area contributed by atoms with E-state index in [0.717, 1.165) is 25.1 Å². The number of imidazole rings is 1. The Balaban J connectivity index is 2.20. The van der Waals surface area contributed by atoms with E-state index in [2.05, 4.69) is 21.8 Å². The number of hydrogen-bond donors (Lipinski definition) is 1. The maximum atomic E-state index is 11.6. The van der Waals surface area contributed by atoms with Crippen LogP contribution in [0.2, 0.25) is 0 Å². The van der Waals surface area contributed by atoms with Gasteiger partial charge in [-0.3, -0.25) is 0 Å². The first-order chi connectivity index (χ1) is 8.57. The van der Waals surface area contributed by atoms with Crippen molar-refractivity contribution >= 4 is 9.84 Å². The SMILES string of the molecule is CCCn1cncc1C(NC)C1CCS(=O)(=O)C1. The summed E-state index contributed by atoms with van der Waals surface area (Å²) >= 11 is 0. The monoisotopic (exact) mass is 271 g/mol. The molecule has 0 aliphatic carbocycles. The van der Waals surface area contributed by atoms with Gasteiger partial charge in [0.2, 0.25) is 0 Å². The zero-order valence-corrected chi connectivity index (χ0v) is 11.8. The Morgan fingerprint density at radius 3 is 2.94 bits per heavy atom. The van der Waals surface area contributed by atoms with Crippen LogP contribution in [-0.4, -0.2) is 36.5 Å². The predicted octanol–water partition coefficient (Wildman–Crippen LogP) is 0.988. The van der Waals surface area contributed by atoms with Gasteiger partial charge in [0.1, 0.15) is 0 Å². The maximum absolute atomic E-state index is 11.6. The second-order valence-electron chi connectivity index (χ2n) is 4.94. The van der Waals surface area contributed by atoms with Gasteiger partial charge in [-0.25, -0.2) is 13.4 Å². The van der Waals surface area contributed by atoms with Gasteiger partial charge in [0, 0.05) is 12.7 Å². The number of aromatic nitrogens is 2. The first kappa shape index (κ1) is 13.5. The van der Waals surface area contributed by atoms with Crippen molar-refractivity contribution in [1.29, 1.82) is 0 Å². The summed E-state index contributed by atoms with van der Waals surface area (Å²) < 4.78 is 25.3. The Kier molecular flexibility index (Phi) is 4.07. The minimum Gasteiger partial charge on any atom is -0.333 e. The number of aryl methyl sites for hydroxylation is 1. The van der Waals surface area contributed by atoms with E-state index < -0.39 is 9.84 Å². The number of rotatable bonds is 5. The van der Waals surface area contributed by atoms with Gasteiger partial charge in [0.05, 0.1) is 29.6 Å². The molecular weight excluding hydrogens is 250 g/mol. The fourth-order valence-electron chi connectivity index (χ4n) is 2.73. The molecule has 0 bridgehead atoms. The van der Waals surface area contributed by atoms with E-state index >= 15 is 0 Å². The molecule has 5 nitrogen and oxygen atoms in total. The van der Waals surface area contributed by atoms with Crippen molar-refractivity contribution in [3.8, 4) is 0 Å². The van der Waals surface area contributed by atoms with Crippen LogP contribution in [0.3, 0.4) is 0 Å². The molecule has 2 rings (SSSR count). The third-order valence-corrected chi connectivity index (χ3v) is 5.37. The molecule has 1 aromatic heterocycles. The van der Waals surface area contributed by atoms with Crippen molar-refractivity contribution < 1.29 is 8.42 Å². The minimum absolute atomic E-state index is 0.0799. The third kappa shape index (κ3) is 2.75. The van der Waals surface area contributed by atoms with Gasteiger partial charge in [-0.15, -0.1) is 0 Å². The van der Waals surface area contributed by atoms with Gasteiger partial charge in [-0.05, 0) is 25.8 Å². The van der Waals surface area contributed by atoms with E-state index in [-0.39, 0.29) is 17.7 Å². The molecule has 1 N–H and O–H groups in total. The highest BCUT2D eigenvalue weighted by Crippen LogP contribution is 2.31. The summed E-state index contributed by atoms with van der Waals surface area (Å²) in [7, 11) is -0.949. The summed E-state index contributed by atoms with van der Waals surface area (Å²) in [5.41, 5.74) is 1.10. The summed E-state index contributed by atoms with van der Waals surface area (Å²) in [5, 5.41) is 3.26. The van der Waals surface area contributed by atoms with Crippen molar-refractivity contribution in [1.82, 2.24) is 14.9 Å². The molecule has 2 atom stereocenters. The van der Waals surface area contributed by atoms with E-state index in [9.17, 15) is 8.42 Å². The van der Waals surface area contributed by atoms with Crippen LogP contribution in [0.5, 0.6) is 0 Å². The van der Waals surface area contributed by atoms with Crippen LogP contribution in [0.4, 0.5) is 0 Å². The standard InChI is InChI=1S/C12H21N3O2S/c1-3-5-15-9-14-7-11(15)12(13-2)10-4-6-18(16,17)8-10/h7,9-10,12-13H,3-6,8H2,1-2H3. The third-order valence-electron chi connectivity index (χ3n) is 3.58. The van der Waals surface area contributed by atoms with E-state index in [1.54, 1.807) is 0 Å². The van der Waals surface area contributed by atoms with E-state index in [4.69, 9.17) is 0 Å². The smallest absolute Gasteiger partial charge is 0.150 e. The fraction of sp³-hybridized carbons (Fsp3) is 0.750. The molecule has 2 unspecified atom stereocenters. The summed E-state index contributed by atoms with van der Waals surface area (Å²) in [4.78, 5) is 4.19. The van der Waals surface area contributed by atoms with Gasteiger partial charge in [-0.1, -0.05) is 6.92 Å². The van der Waals surface area contributed by atoms with Crippen molar-refractivity contribution in [2.45, 2.75) is 32.4 Å². The molecule has 1 aliphatic heterocycles. The molecule has 0 amide bonds. The van der Waals surface area contributed by atoms with Gasteiger partial charge in [0.15, 0.2) is 9.84 Å². The number of nitrogens with one attached hydrogen (secondary N) is 1. The first-order valence-corrected chi connectivity index (χ1v) is 8.27. The van der Waals surface area contributed by atoms with Crippen LogP contribution >= 0.6 is 0 Å². The molecular formula is C12H21N3O2S. The Morgan fingerprint density at radius 1 is 1.61 bits per heavy atom. The van der Waals surface area contributed by atoms with Gasteiger partial charge >= 0.3 is 0 Å². The largest absolute Gasteiger partial charge is 0.333 e. The van der Waals surface area contributed by atoms with Crippen LogP contribution in [-0.2, 0) is 16.4 Å². The van der Waals surface area contributed by atoms with Crippen LogP contribution in [0, 0.1) is 5.92 Å². The molecule has 0 aromatic carbocycles. The topological polar surface area (TPSA) is 64.0 Å². The van der Waals surface area contributed by atoms with Crippen LogP contribution in [0.1, 0.15) is 31.5 Å². The lowest BCUT2D eigenvalue weighted by molar-refractivity contribution is 0.395. The molecule has 0 spiro atoms. The molecule has 0 radical (unpaired) electrons. The number of sulfone groups is 1. The summed E-state index contributed by atoms with van der Waals surface area (Å²) in [6.45, 7) is 3.05. The molecule has 1 aromatic rings. The average Bonchev–Trinajstić information content (AvgIpc) is 2.89. The lowest BCUT2D eigenvalue weighted by Crippen LogP contribution is -2.28. The average molecular weight is 271 g/mol. The summed E-state index contributed by atoms with van der Waals surface area (Å²) in [5.74, 6) is 0.764. The summed E-state index contributed by atoms with van der Waals surface area (Å²) in [6.07, 6.45) is 5.46. The minimum atomic E-state index is -2.84. The van der Waals surface area contributed by atoms with Crippen LogP contribution in [0.25, 0.3) is 0 Å². The molecule has 6 heteroatoms. The zero-order chi connectivity index (χ0) is 13.2. The summed E-state index contributed by atoms with van der Waals surface area (Å²) in [6, 6.07) is 0.0799.